The van der Waals surface area contributed by atoms with Crippen molar-refractivity contribution in [1.82, 2.24) is 0 Å². The van der Waals surface area contributed by atoms with Crippen molar-refractivity contribution in [3.63, 3.8) is 0 Å². The number of hydrogen-bond acceptors (Lipinski definition) is 0. The van der Waals surface area contributed by atoms with Crippen LogP contribution in [0.5, 0.6) is 0 Å². The maximum Gasteiger partial charge on any atom is 0.0655 e. The third-order valence-electron chi connectivity index (χ3n) is 3.11. The molecule has 0 aromatic heterocycles. The number of hydrogen-bond donors (Lipinski definition) is 0. The van der Waals surface area contributed by atoms with Gasteiger partial charge >= 0.3 is 0 Å². The van der Waals surface area contributed by atoms with Crippen LogP contribution in [-0.2, 0) is 6.42 Å². The second-order valence-corrected chi connectivity index (χ2v) is 6.25. The molecule has 94 valence electrons. The number of aryl methyl sites for hydroxylation is 2. The van der Waals surface area contributed by atoms with E-state index >= 15 is 0 Å². The summed E-state index contributed by atoms with van der Waals surface area (Å²) in [4.78, 5) is 0.234. The minimum absolute atomic E-state index is 0.234. The first-order valence-electron chi connectivity index (χ1n) is 6.10. The fourth-order valence-electron chi connectivity index (χ4n) is 1.96. The van der Waals surface area contributed by atoms with Gasteiger partial charge in [0, 0.05) is 4.47 Å². The lowest BCUT2D eigenvalue weighted by Crippen LogP contribution is -1.95. The van der Waals surface area contributed by atoms with Gasteiger partial charge in [-0.05, 0) is 36.1 Å². The van der Waals surface area contributed by atoms with E-state index in [1.165, 1.54) is 22.3 Å². The first-order valence-corrected chi connectivity index (χ1v) is 7.81. The molecule has 18 heavy (non-hydrogen) atoms. The fraction of sp³-hybridized carbons (Fsp3) is 0.250. The average Bonchev–Trinajstić information content (AvgIpc) is 2.41. The zero-order chi connectivity index (χ0) is 13.1. The smallest absolute Gasteiger partial charge is 0.0655 e. The SMILES string of the molecule is CCc1ccc(C(Br)c2cc(C)ccc2Br)cc1. The molecule has 0 nitrogen and oxygen atoms in total. The fourth-order valence-corrected chi connectivity index (χ4v) is 3.43. The van der Waals surface area contributed by atoms with Crippen LogP contribution in [-0.4, -0.2) is 0 Å². The van der Waals surface area contributed by atoms with Gasteiger partial charge in [-0.25, -0.2) is 0 Å². The second kappa shape index (κ2) is 6.03. The number of rotatable bonds is 3. The summed E-state index contributed by atoms with van der Waals surface area (Å²) < 4.78 is 1.15. The summed E-state index contributed by atoms with van der Waals surface area (Å²) in [5, 5.41) is 0. The molecule has 2 rings (SSSR count). The molecule has 1 unspecified atom stereocenters. The van der Waals surface area contributed by atoms with Gasteiger partial charge in [0.1, 0.15) is 0 Å². The maximum absolute atomic E-state index is 3.80. The molecule has 0 heterocycles. The van der Waals surface area contributed by atoms with E-state index in [9.17, 15) is 0 Å². The zero-order valence-electron chi connectivity index (χ0n) is 10.6. The van der Waals surface area contributed by atoms with E-state index < -0.39 is 0 Å². The summed E-state index contributed by atoms with van der Waals surface area (Å²) in [6.45, 7) is 4.30. The predicted molar refractivity (Wildman–Crippen MR) is 85.5 cm³/mol. The van der Waals surface area contributed by atoms with Crippen LogP contribution in [0.3, 0.4) is 0 Å². The lowest BCUT2D eigenvalue weighted by atomic mass is 10.0. The number of halogens is 2. The Bertz CT molecular complexity index is 529. The van der Waals surface area contributed by atoms with Crippen molar-refractivity contribution in [1.29, 1.82) is 0 Å². The standard InChI is InChI=1S/C16H16Br2/c1-3-12-5-7-13(8-6-12)16(18)14-10-11(2)4-9-15(14)17/h4-10,16H,3H2,1-2H3. The molecule has 0 aliphatic heterocycles. The number of benzene rings is 2. The van der Waals surface area contributed by atoms with Gasteiger partial charge in [-0.1, -0.05) is 80.7 Å². The largest absolute Gasteiger partial charge is 0.0786 e. The van der Waals surface area contributed by atoms with Crippen molar-refractivity contribution in [3.05, 3.63) is 69.2 Å². The van der Waals surface area contributed by atoms with Gasteiger partial charge in [0.2, 0.25) is 0 Å². The molecule has 0 saturated carbocycles. The Morgan fingerprint density at radius 3 is 2.33 bits per heavy atom. The minimum Gasteiger partial charge on any atom is -0.0786 e. The summed E-state index contributed by atoms with van der Waals surface area (Å²) in [6.07, 6.45) is 1.08. The molecule has 0 amide bonds. The van der Waals surface area contributed by atoms with Crippen molar-refractivity contribution >= 4 is 31.9 Å². The van der Waals surface area contributed by atoms with Crippen LogP contribution in [0.15, 0.2) is 46.9 Å². The Hall–Kier alpha value is -0.600. The normalized spacial score (nSPS) is 12.4. The molecule has 2 aromatic rings. The summed E-state index contributed by atoms with van der Waals surface area (Å²) in [5.41, 5.74) is 5.22. The Morgan fingerprint density at radius 1 is 1.06 bits per heavy atom. The molecule has 2 heteroatoms. The van der Waals surface area contributed by atoms with E-state index in [4.69, 9.17) is 0 Å². The topological polar surface area (TPSA) is 0 Å². The highest BCUT2D eigenvalue weighted by atomic mass is 79.9. The number of alkyl halides is 1. The molecule has 0 N–H and O–H groups in total. The molecule has 2 aromatic carbocycles. The van der Waals surface area contributed by atoms with Crippen molar-refractivity contribution in [2.75, 3.05) is 0 Å². The average molecular weight is 368 g/mol. The van der Waals surface area contributed by atoms with Crippen LogP contribution in [0.25, 0.3) is 0 Å². The van der Waals surface area contributed by atoms with E-state index in [-0.39, 0.29) is 4.83 Å². The monoisotopic (exact) mass is 366 g/mol. The molecule has 0 aliphatic rings. The molecule has 0 spiro atoms. The van der Waals surface area contributed by atoms with Gasteiger partial charge in [0.25, 0.3) is 0 Å². The van der Waals surface area contributed by atoms with Gasteiger partial charge in [0.15, 0.2) is 0 Å². The highest BCUT2D eigenvalue weighted by molar-refractivity contribution is 9.11. The van der Waals surface area contributed by atoms with E-state index in [1.54, 1.807) is 0 Å². The molecule has 1 atom stereocenters. The van der Waals surface area contributed by atoms with Crippen molar-refractivity contribution < 1.29 is 0 Å². The molecule has 0 aliphatic carbocycles. The highest BCUT2D eigenvalue weighted by Gasteiger charge is 2.13. The molecule has 0 fully saturated rings. The third-order valence-corrected chi connectivity index (χ3v) is 4.85. The van der Waals surface area contributed by atoms with Crippen molar-refractivity contribution in [3.8, 4) is 0 Å². The molecule has 0 saturated heterocycles. The van der Waals surface area contributed by atoms with Crippen LogP contribution < -0.4 is 0 Å². The minimum atomic E-state index is 0.234. The van der Waals surface area contributed by atoms with Crippen LogP contribution in [0.4, 0.5) is 0 Å². The Labute approximate surface area is 126 Å². The highest BCUT2D eigenvalue weighted by Crippen LogP contribution is 2.35. The van der Waals surface area contributed by atoms with Gasteiger partial charge in [-0.2, -0.15) is 0 Å². The van der Waals surface area contributed by atoms with Crippen LogP contribution in [0.2, 0.25) is 0 Å². The molecular formula is C16H16Br2. The van der Waals surface area contributed by atoms with Gasteiger partial charge < -0.3 is 0 Å². The Balaban J connectivity index is 2.34. The van der Waals surface area contributed by atoms with E-state index in [2.05, 4.69) is 88.2 Å². The predicted octanol–water partition coefficient (Wildman–Crippen LogP) is 5.80. The maximum atomic E-state index is 3.80. The first-order chi connectivity index (χ1) is 8.61. The Kier molecular flexibility index (Phi) is 4.63. The summed E-state index contributed by atoms with van der Waals surface area (Å²) >= 11 is 7.42. The summed E-state index contributed by atoms with van der Waals surface area (Å²) in [6, 6.07) is 15.3. The van der Waals surface area contributed by atoms with Gasteiger partial charge in [-0.3, -0.25) is 0 Å². The van der Waals surface area contributed by atoms with E-state index in [1.807, 2.05) is 0 Å². The first kappa shape index (κ1) is 13.8. The van der Waals surface area contributed by atoms with Crippen LogP contribution in [0.1, 0.15) is 34.0 Å². The molecule has 0 radical (unpaired) electrons. The van der Waals surface area contributed by atoms with Gasteiger partial charge in [0.05, 0.1) is 4.83 Å². The van der Waals surface area contributed by atoms with E-state index in [0.717, 1.165) is 10.9 Å². The summed E-state index contributed by atoms with van der Waals surface area (Å²) in [5.74, 6) is 0. The summed E-state index contributed by atoms with van der Waals surface area (Å²) in [7, 11) is 0. The molecule has 0 bridgehead atoms. The van der Waals surface area contributed by atoms with Gasteiger partial charge in [-0.15, -0.1) is 0 Å². The lowest BCUT2D eigenvalue weighted by Gasteiger charge is -2.14. The Morgan fingerprint density at radius 2 is 1.72 bits per heavy atom. The van der Waals surface area contributed by atoms with E-state index in [0.29, 0.717) is 0 Å². The molecular weight excluding hydrogens is 352 g/mol. The lowest BCUT2D eigenvalue weighted by molar-refractivity contribution is 1.11. The van der Waals surface area contributed by atoms with Crippen molar-refractivity contribution in [2.24, 2.45) is 0 Å². The third kappa shape index (κ3) is 3.04. The van der Waals surface area contributed by atoms with Crippen LogP contribution in [0, 0.1) is 6.92 Å². The van der Waals surface area contributed by atoms with Crippen LogP contribution >= 0.6 is 31.9 Å². The second-order valence-electron chi connectivity index (χ2n) is 4.48. The zero-order valence-corrected chi connectivity index (χ0v) is 13.8. The quantitative estimate of drug-likeness (QED) is 0.601. The van der Waals surface area contributed by atoms with Crippen molar-refractivity contribution in [2.45, 2.75) is 25.1 Å².